The number of carbonyl (C=O) groups excluding carboxylic acids is 2. The Kier molecular flexibility index (Phi) is 3.05. The molecule has 0 aromatic carbocycles. The third kappa shape index (κ3) is 1.67. The van der Waals surface area contributed by atoms with Crippen molar-refractivity contribution in [2.75, 3.05) is 0 Å². The minimum absolute atomic E-state index is 0.0772. The van der Waals surface area contributed by atoms with Crippen molar-refractivity contribution in [3.63, 3.8) is 0 Å². The van der Waals surface area contributed by atoms with Crippen LogP contribution in [0.3, 0.4) is 0 Å². The fourth-order valence-electron chi connectivity index (χ4n) is 6.23. The topological polar surface area (TPSA) is 34.1 Å². The van der Waals surface area contributed by atoms with Gasteiger partial charge in [-0.3, -0.25) is 9.59 Å². The van der Waals surface area contributed by atoms with Gasteiger partial charge < -0.3 is 0 Å². The van der Waals surface area contributed by atoms with Crippen LogP contribution in [0.4, 0.5) is 0 Å². The smallest absolute Gasteiger partial charge is 0.156 e. The summed E-state index contributed by atoms with van der Waals surface area (Å²) < 4.78 is 0. The number of allylic oxidation sites excluding steroid dienone is 4. The van der Waals surface area contributed by atoms with Gasteiger partial charge in [-0.2, -0.15) is 0 Å². The van der Waals surface area contributed by atoms with E-state index in [4.69, 9.17) is 0 Å². The van der Waals surface area contributed by atoms with Gasteiger partial charge in [-0.05, 0) is 66.9 Å². The molecule has 4 aliphatic rings. The van der Waals surface area contributed by atoms with Crippen LogP contribution in [-0.4, -0.2) is 11.6 Å². The summed E-state index contributed by atoms with van der Waals surface area (Å²) >= 11 is 0. The molecule has 0 heterocycles. The molecule has 0 bridgehead atoms. The van der Waals surface area contributed by atoms with Crippen molar-refractivity contribution in [2.45, 2.75) is 58.8 Å². The number of hydrogen-bond acceptors (Lipinski definition) is 2. The quantitative estimate of drug-likeness (QED) is 0.725. The molecular weight excluding hydrogens is 272 g/mol. The van der Waals surface area contributed by atoms with E-state index in [0.717, 1.165) is 38.5 Å². The van der Waals surface area contributed by atoms with Crippen molar-refractivity contribution in [3.05, 3.63) is 23.8 Å². The van der Waals surface area contributed by atoms with E-state index in [-0.39, 0.29) is 10.8 Å². The molecule has 0 aliphatic heterocycles. The second kappa shape index (κ2) is 4.66. The Morgan fingerprint density at radius 2 is 1.95 bits per heavy atom. The van der Waals surface area contributed by atoms with E-state index >= 15 is 0 Å². The summed E-state index contributed by atoms with van der Waals surface area (Å²) in [5.41, 5.74) is 1.40. The van der Waals surface area contributed by atoms with Crippen molar-refractivity contribution >= 4 is 11.6 Å². The first-order valence-electron chi connectivity index (χ1n) is 8.98. The monoisotopic (exact) mass is 298 g/mol. The van der Waals surface area contributed by atoms with Crippen LogP contribution in [0.25, 0.3) is 0 Å². The summed E-state index contributed by atoms with van der Waals surface area (Å²) in [7, 11) is 0. The molecule has 0 aromatic heterocycles. The molecule has 0 spiro atoms. The lowest BCUT2D eigenvalue weighted by atomic mass is 9.48. The van der Waals surface area contributed by atoms with Crippen LogP contribution < -0.4 is 0 Å². The van der Waals surface area contributed by atoms with Crippen molar-refractivity contribution in [3.8, 4) is 0 Å². The summed E-state index contributed by atoms with van der Waals surface area (Å²) in [6.07, 6.45) is 13.4. The van der Waals surface area contributed by atoms with Gasteiger partial charge in [0.05, 0.1) is 0 Å². The number of fused-ring (bicyclic) bond motifs is 5. The van der Waals surface area contributed by atoms with Crippen LogP contribution in [-0.2, 0) is 9.59 Å². The van der Waals surface area contributed by atoms with E-state index in [1.807, 2.05) is 6.08 Å². The predicted molar refractivity (Wildman–Crippen MR) is 86.2 cm³/mol. The fourth-order valence-corrected chi connectivity index (χ4v) is 6.23. The number of rotatable bonds is 1. The third-order valence-electron chi connectivity index (χ3n) is 7.59. The standard InChI is InChI=1S/C20H26O2/c1-3-20-11-8-14(21)12-13(20)4-5-15-16-6-7-18(22)19(16,2)10-9-17(15)20/h4-5,12,15-17H,3,6-11H2,1-2H3/t15-,16-,17-,19-,20+/m0/s1. The molecule has 22 heavy (non-hydrogen) atoms. The van der Waals surface area contributed by atoms with Gasteiger partial charge in [0.2, 0.25) is 0 Å². The summed E-state index contributed by atoms with van der Waals surface area (Å²) in [5.74, 6) is 2.48. The minimum Gasteiger partial charge on any atom is -0.299 e. The highest BCUT2D eigenvalue weighted by molar-refractivity contribution is 5.92. The number of Topliss-reactive ketones (excluding diaryl/α,β-unsaturated/α-hetero) is 1. The van der Waals surface area contributed by atoms with Gasteiger partial charge in [-0.1, -0.05) is 26.0 Å². The maximum absolute atomic E-state index is 12.4. The first-order chi connectivity index (χ1) is 10.5. The molecule has 0 amide bonds. The van der Waals surface area contributed by atoms with Gasteiger partial charge >= 0.3 is 0 Å². The molecule has 2 heteroatoms. The maximum Gasteiger partial charge on any atom is 0.156 e. The fraction of sp³-hybridized carbons (Fsp3) is 0.700. The Labute approximate surface area is 133 Å². The lowest BCUT2D eigenvalue weighted by Gasteiger charge is -2.55. The highest BCUT2D eigenvalue weighted by Gasteiger charge is 2.58. The first-order valence-corrected chi connectivity index (χ1v) is 8.98. The Hall–Kier alpha value is -1.18. The Morgan fingerprint density at radius 1 is 1.14 bits per heavy atom. The van der Waals surface area contributed by atoms with E-state index in [1.54, 1.807) is 0 Å². The zero-order valence-corrected chi connectivity index (χ0v) is 13.7. The highest BCUT2D eigenvalue weighted by Crippen LogP contribution is 2.63. The molecule has 118 valence electrons. The Balaban J connectivity index is 1.78. The zero-order valence-electron chi connectivity index (χ0n) is 13.7. The lowest BCUT2D eigenvalue weighted by Crippen LogP contribution is -2.49. The van der Waals surface area contributed by atoms with E-state index in [9.17, 15) is 9.59 Å². The van der Waals surface area contributed by atoms with Gasteiger partial charge in [0, 0.05) is 18.3 Å². The van der Waals surface area contributed by atoms with Crippen LogP contribution in [0.15, 0.2) is 23.8 Å². The van der Waals surface area contributed by atoms with Crippen molar-refractivity contribution in [1.29, 1.82) is 0 Å². The van der Waals surface area contributed by atoms with Crippen LogP contribution in [0.5, 0.6) is 0 Å². The highest BCUT2D eigenvalue weighted by atomic mass is 16.1. The lowest BCUT2D eigenvalue weighted by molar-refractivity contribution is -0.130. The number of hydrogen-bond donors (Lipinski definition) is 0. The average molecular weight is 298 g/mol. The molecule has 0 unspecified atom stereocenters. The second-order valence-electron chi connectivity index (χ2n) is 8.14. The summed E-state index contributed by atoms with van der Waals surface area (Å²) in [5, 5.41) is 0. The van der Waals surface area contributed by atoms with Crippen molar-refractivity contribution in [2.24, 2.45) is 28.6 Å². The molecule has 2 fully saturated rings. The number of carbonyl (C=O) groups is 2. The minimum atomic E-state index is -0.0772. The van der Waals surface area contributed by atoms with E-state index in [2.05, 4.69) is 26.0 Å². The molecule has 0 radical (unpaired) electrons. The van der Waals surface area contributed by atoms with Gasteiger partial charge in [-0.25, -0.2) is 0 Å². The van der Waals surface area contributed by atoms with Gasteiger partial charge in [-0.15, -0.1) is 0 Å². The van der Waals surface area contributed by atoms with Crippen LogP contribution >= 0.6 is 0 Å². The van der Waals surface area contributed by atoms with Gasteiger partial charge in [0.25, 0.3) is 0 Å². The van der Waals surface area contributed by atoms with Crippen LogP contribution in [0.1, 0.15) is 58.8 Å². The van der Waals surface area contributed by atoms with Gasteiger partial charge in [0.15, 0.2) is 5.78 Å². The summed E-state index contributed by atoms with van der Waals surface area (Å²) in [4.78, 5) is 24.3. The molecule has 4 rings (SSSR count). The Bertz CT molecular complexity index is 599. The Morgan fingerprint density at radius 3 is 2.73 bits per heavy atom. The van der Waals surface area contributed by atoms with E-state index in [0.29, 0.717) is 35.7 Å². The largest absolute Gasteiger partial charge is 0.299 e. The maximum atomic E-state index is 12.4. The number of ketones is 2. The van der Waals surface area contributed by atoms with Crippen molar-refractivity contribution < 1.29 is 9.59 Å². The molecule has 0 saturated heterocycles. The average Bonchev–Trinajstić information content (AvgIpc) is 2.82. The SMILES string of the molecule is CC[C@@]12CCC(=O)C=C1C=C[C@@H]1[C@@H]2CC[C@]2(C)C(=O)CC[C@@H]12. The van der Waals surface area contributed by atoms with Crippen LogP contribution in [0, 0.1) is 28.6 Å². The third-order valence-corrected chi connectivity index (χ3v) is 7.59. The molecule has 5 atom stereocenters. The van der Waals surface area contributed by atoms with Crippen molar-refractivity contribution in [1.82, 2.24) is 0 Å². The van der Waals surface area contributed by atoms with Gasteiger partial charge in [0.1, 0.15) is 5.78 Å². The van der Waals surface area contributed by atoms with E-state index < -0.39 is 0 Å². The molecule has 2 saturated carbocycles. The molecular formula is C20H26O2. The van der Waals surface area contributed by atoms with Crippen LogP contribution in [0.2, 0.25) is 0 Å². The predicted octanol–water partition coefficient (Wildman–Crippen LogP) is 4.25. The second-order valence-corrected chi connectivity index (χ2v) is 8.14. The molecule has 2 nitrogen and oxygen atoms in total. The summed E-state index contributed by atoms with van der Waals surface area (Å²) in [6, 6.07) is 0. The zero-order chi connectivity index (χ0) is 15.5. The molecule has 0 N–H and O–H groups in total. The molecule has 4 aliphatic carbocycles. The molecule has 0 aromatic rings. The normalized spacial score (nSPS) is 46.8. The first kappa shape index (κ1) is 14.4. The summed E-state index contributed by atoms with van der Waals surface area (Å²) in [6.45, 7) is 4.50. The van der Waals surface area contributed by atoms with E-state index in [1.165, 1.54) is 5.57 Å².